The molecule has 0 aliphatic rings. The summed E-state index contributed by atoms with van der Waals surface area (Å²) >= 11 is 6.15. The van der Waals surface area contributed by atoms with Crippen LogP contribution in [-0.2, 0) is 17.8 Å². The van der Waals surface area contributed by atoms with E-state index in [0.717, 1.165) is 22.8 Å². The number of methoxy groups -OCH3 is 1. The van der Waals surface area contributed by atoms with Gasteiger partial charge in [0.2, 0.25) is 0 Å². The summed E-state index contributed by atoms with van der Waals surface area (Å²) in [6.07, 6.45) is 1.53. The van der Waals surface area contributed by atoms with Crippen molar-refractivity contribution in [3.05, 3.63) is 64.4 Å². The molecule has 1 aromatic carbocycles. The van der Waals surface area contributed by atoms with Gasteiger partial charge in [-0.1, -0.05) is 29.8 Å². The first-order chi connectivity index (χ1) is 10.1. The van der Waals surface area contributed by atoms with Crippen molar-refractivity contribution in [1.29, 1.82) is 0 Å². The molecule has 2 rings (SSSR count). The fourth-order valence-corrected chi connectivity index (χ4v) is 2.20. The molecule has 0 N–H and O–H groups in total. The highest BCUT2D eigenvalue weighted by Gasteiger charge is 2.08. The molecule has 0 bridgehead atoms. The first-order valence-corrected chi connectivity index (χ1v) is 6.93. The van der Waals surface area contributed by atoms with Crippen LogP contribution in [0.1, 0.15) is 21.6 Å². The van der Waals surface area contributed by atoms with E-state index in [1.54, 1.807) is 6.07 Å². The Labute approximate surface area is 129 Å². The SMILES string of the molecule is COC(=O)c1ccc(CN(C)Cc2ccccc2Cl)nc1. The van der Waals surface area contributed by atoms with E-state index in [0.29, 0.717) is 12.1 Å². The van der Waals surface area contributed by atoms with Gasteiger partial charge in [-0.2, -0.15) is 0 Å². The number of carbonyl (C=O) groups is 1. The van der Waals surface area contributed by atoms with Crippen LogP contribution in [0.25, 0.3) is 0 Å². The van der Waals surface area contributed by atoms with Gasteiger partial charge in [-0.15, -0.1) is 0 Å². The molecule has 1 heterocycles. The summed E-state index contributed by atoms with van der Waals surface area (Å²) in [5.41, 5.74) is 2.42. The van der Waals surface area contributed by atoms with Crippen molar-refractivity contribution in [1.82, 2.24) is 9.88 Å². The van der Waals surface area contributed by atoms with Crippen molar-refractivity contribution in [2.24, 2.45) is 0 Å². The second kappa shape index (κ2) is 7.20. The maximum absolute atomic E-state index is 11.3. The lowest BCUT2D eigenvalue weighted by molar-refractivity contribution is 0.0600. The normalized spacial score (nSPS) is 10.7. The molecule has 110 valence electrons. The number of nitrogens with zero attached hydrogens (tertiary/aromatic N) is 2. The quantitative estimate of drug-likeness (QED) is 0.796. The van der Waals surface area contributed by atoms with Crippen LogP contribution < -0.4 is 0 Å². The number of aromatic nitrogens is 1. The third-order valence-electron chi connectivity index (χ3n) is 3.08. The topological polar surface area (TPSA) is 42.4 Å². The molecule has 2 aromatic rings. The molecule has 0 aliphatic heterocycles. The maximum atomic E-state index is 11.3. The van der Waals surface area contributed by atoms with Crippen LogP contribution in [0.2, 0.25) is 5.02 Å². The van der Waals surface area contributed by atoms with E-state index in [-0.39, 0.29) is 5.97 Å². The Morgan fingerprint density at radius 1 is 1.24 bits per heavy atom. The van der Waals surface area contributed by atoms with Crippen LogP contribution in [0.4, 0.5) is 0 Å². The smallest absolute Gasteiger partial charge is 0.339 e. The first-order valence-electron chi connectivity index (χ1n) is 6.55. The van der Waals surface area contributed by atoms with Crippen LogP contribution in [0.5, 0.6) is 0 Å². The van der Waals surface area contributed by atoms with E-state index in [4.69, 9.17) is 11.6 Å². The van der Waals surface area contributed by atoms with Crippen LogP contribution in [-0.4, -0.2) is 30.0 Å². The van der Waals surface area contributed by atoms with Gasteiger partial charge in [-0.3, -0.25) is 9.88 Å². The zero-order valence-corrected chi connectivity index (χ0v) is 12.8. The van der Waals surface area contributed by atoms with Crippen molar-refractivity contribution in [3.8, 4) is 0 Å². The van der Waals surface area contributed by atoms with Crippen molar-refractivity contribution in [2.45, 2.75) is 13.1 Å². The number of hydrogen-bond acceptors (Lipinski definition) is 4. The van der Waals surface area contributed by atoms with E-state index >= 15 is 0 Å². The summed E-state index contributed by atoms with van der Waals surface area (Å²) in [5, 5.41) is 0.762. The Balaban J connectivity index is 1.98. The third-order valence-corrected chi connectivity index (χ3v) is 3.44. The fraction of sp³-hybridized carbons (Fsp3) is 0.250. The second-order valence-electron chi connectivity index (χ2n) is 4.79. The van der Waals surface area contributed by atoms with Crippen LogP contribution in [0.15, 0.2) is 42.6 Å². The first kappa shape index (κ1) is 15.5. The van der Waals surface area contributed by atoms with E-state index in [2.05, 4.69) is 14.6 Å². The second-order valence-corrected chi connectivity index (χ2v) is 5.20. The Kier molecular flexibility index (Phi) is 5.31. The van der Waals surface area contributed by atoms with Gasteiger partial charge in [0.25, 0.3) is 0 Å². The number of rotatable bonds is 5. The maximum Gasteiger partial charge on any atom is 0.339 e. The average Bonchev–Trinajstić information content (AvgIpc) is 2.49. The number of ether oxygens (including phenoxy) is 1. The Morgan fingerprint density at radius 2 is 2.00 bits per heavy atom. The minimum atomic E-state index is -0.376. The summed E-state index contributed by atoms with van der Waals surface area (Å²) in [6.45, 7) is 1.41. The van der Waals surface area contributed by atoms with E-state index in [1.807, 2.05) is 37.4 Å². The zero-order valence-electron chi connectivity index (χ0n) is 12.0. The van der Waals surface area contributed by atoms with Crippen molar-refractivity contribution >= 4 is 17.6 Å². The van der Waals surface area contributed by atoms with Gasteiger partial charge in [0.05, 0.1) is 18.4 Å². The lowest BCUT2D eigenvalue weighted by Crippen LogP contribution is -2.18. The lowest BCUT2D eigenvalue weighted by atomic mass is 10.2. The highest BCUT2D eigenvalue weighted by atomic mass is 35.5. The highest BCUT2D eigenvalue weighted by Crippen LogP contribution is 2.17. The van der Waals surface area contributed by atoms with E-state index < -0.39 is 0 Å². The summed E-state index contributed by atoms with van der Waals surface area (Å²) in [4.78, 5) is 17.7. The number of halogens is 1. The summed E-state index contributed by atoms with van der Waals surface area (Å²) in [6, 6.07) is 11.3. The molecule has 0 saturated carbocycles. The molecular weight excluding hydrogens is 288 g/mol. The van der Waals surface area contributed by atoms with Gasteiger partial charge in [0.15, 0.2) is 0 Å². The molecule has 0 atom stereocenters. The summed E-state index contributed by atoms with van der Waals surface area (Å²) in [5.74, 6) is -0.376. The van der Waals surface area contributed by atoms with Gasteiger partial charge in [-0.05, 0) is 30.8 Å². The molecular formula is C16H17ClN2O2. The van der Waals surface area contributed by atoms with E-state index in [1.165, 1.54) is 13.3 Å². The molecule has 0 saturated heterocycles. The van der Waals surface area contributed by atoms with Gasteiger partial charge >= 0.3 is 5.97 Å². The van der Waals surface area contributed by atoms with Crippen molar-refractivity contribution < 1.29 is 9.53 Å². The molecule has 0 amide bonds. The minimum Gasteiger partial charge on any atom is -0.465 e. The zero-order chi connectivity index (χ0) is 15.2. The molecule has 0 radical (unpaired) electrons. The number of hydrogen-bond donors (Lipinski definition) is 0. The Morgan fingerprint density at radius 3 is 2.62 bits per heavy atom. The van der Waals surface area contributed by atoms with E-state index in [9.17, 15) is 4.79 Å². The number of esters is 1. The monoisotopic (exact) mass is 304 g/mol. The van der Waals surface area contributed by atoms with Crippen LogP contribution in [0.3, 0.4) is 0 Å². The molecule has 21 heavy (non-hydrogen) atoms. The standard InChI is InChI=1S/C16H17ClN2O2/c1-19(10-13-5-3-4-6-15(13)17)11-14-8-7-12(9-18-14)16(20)21-2/h3-9H,10-11H2,1-2H3. The molecule has 0 spiro atoms. The van der Waals surface area contributed by atoms with Crippen LogP contribution >= 0.6 is 11.6 Å². The molecule has 5 heteroatoms. The number of benzene rings is 1. The molecule has 0 aliphatic carbocycles. The van der Waals surface area contributed by atoms with Gasteiger partial charge in [-0.25, -0.2) is 4.79 Å². The summed E-state index contributed by atoms with van der Waals surface area (Å²) in [7, 11) is 3.35. The van der Waals surface area contributed by atoms with Gasteiger partial charge in [0.1, 0.15) is 0 Å². The molecule has 4 nitrogen and oxygen atoms in total. The van der Waals surface area contributed by atoms with Gasteiger partial charge < -0.3 is 4.74 Å². The largest absolute Gasteiger partial charge is 0.465 e. The Bertz CT molecular complexity index is 614. The Hall–Kier alpha value is -1.91. The molecule has 1 aromatic heterocycles. The average molecular weight is 305 g/mol. The number of pyridine rings is 1. The van der Waals surface area contributed by atoms with Crippen LogP contribution in [0, 0.1) is 0 Å². The third kappa shape index (κ3) is 4.28. The number of carbonyl (C=O) groups excluding carboxylic acids is 1. The minimum absolute atomic E-state index is 0.376. The highest BCUT2D eigenvalue weighted by molar-refractivity contribution is 6.31. The summed E-state index contributed by atoms with van der Waals surface area (Å²) < 4.78 is 4.65. The predicted molar refractivity (Wildman–Crippen MR) is 82.2 cm³/mol. The predicted octanol–water partition coefficient (Wildman–Crippen LogP) is 3.15. The lowest BCUT2D eigenvalue weighted by Gasteiger charge is -2.17. The fourth-order valence-electron chi connectivity index (χ4n) is 2.01. The molecule has 0 unspecified atom stereocenters. The molecule has 0 fully saturated rings. The van der Waals surface area contributed by atoms with Crippen molar-refractivity contribution in [2.75, 3.05) is 14.2 Å². The van der Waals surface area contributed by atoms with Crippen molar-refractivity contribution in [3.63, 3.8) is 0 Å². The van der Waals surface area contributed by atoms with Gasteiger partial charge in [0, 0.05) is 24.3 Å².